The standard InChI is InChI=1S/C20H22N6O3S/c1-30(27,28)25-16-4-2-3-14(11-16)17-12-18(15-5-6-19(21)22-13-15)24-20(23-17)26-7-9-29-10-8-26/h2-6,11-13,25H,7-10H2,1H3,(H2,21,22). The third-order valence-corrected chi connectivity index (χ3v) is 5.16. The summed E-state index contributed by atoms with van der Waals surface area (Å²) in [5.41, 5.74) is 9.15. The lowest BCUT2D eigenvalue weighted by atomic mass is 10.1. The molecule has 1 aromatic carbocycles. The number of nitrogen functional groups attached to an aromatic ring is 1. The molecule has 1 saturated heterocycles. The lowest BCUT2D eigenvalue weighted by Gasteiger charge is -2.27. The third kappa shape index (κ3) is 4.84. The van der Waals surface area contributed by atoms with E-state index >= 15 is 0 Å². The van der Waals surface area contributed by atoms with Crippen molar-refractivity contribution in [2.45, 2.75) is 0 Å². The van der Waals surface area contributed by atoms with Gasteiger partial charge in [0.1, 0.15) is 5.82 Å². The Morgan fingerprint density at radius 3 is 2.43 bits per heavy atom. The molecule has 0 unspecified atom stereocenters. The van der Waals surface area contributed by atoms with E-state index in [2.05, 4.69) is 14.6 Å². The van der Waals surface area contributed by atoms with Gasteiger partial charge in [-0.05, 0) is 30.3 Å². The summed E-state index contributed by atoms with van der Waals surface area (Å²) in [7, 11) is -3.38. The van der Waals surface area contributed by atoms with Crippen molar-refractivity contribution < 1.29 is 13.2 Å². The molecule has 3 aromatic rings. The maximum Gasteiger partial charge on any atom is 0.229 e. The molecule has 0 saturated carbocycles. The SMILES string of the molecule is CS(=O)(=O)Nc1cccc(-c2cc(-c3ccc(N)nc3)nc(N3CCOCC3)n2)c1. The summed E-state index contributed by atoms with van der Waals surface area (Å²) in [4.78, 5) is 15.7. The van der Waals surface area contributed by atoms with Crippen LogP contribution >= 0.6 is 0 Å². The number of anilines is 3. The molecule has 10 heteroatoms. The fraction of sp³-hybridized carbons (Fsp3) is 0.250. The van der Waals surface area contributed by atoms with Crippen molar-refractivity contribution in [1.29, 1.82) is 0 Å². The van der Waals surface area contributed by atoms with Crippen LogP contribution in [0.4, 0.5) is 17.5 Å². The topological polar surface area (TPSA) is 123 Å². The number of nitrogens with one attached hydrogen (secondary N) is 1. The van der Waals surface area contributed by atoms with Gasteiger partial charge in [-0.25, -0.2) is 23.4 Å². The first-order valence-corrected chi connectivity index (χ1v) is 11.3. The molecule has 0 radical (unpaired) electrons. The Bertz CT molecular complexity index is 1150. The lowest BCUT2D eigenvalue weighted by molar-refractivity contribution is 0.122. The molecule has 3 heterocycles. The third-order valence-electron chi connectivity index (χ3n) is 4.55. The lowest BCUT2D eigenvalue weighted by Crippen LogP contribution is -2.37. The van der Waals surface area contributed by atoms with E-state index in [1.807, 2.05) is 18.2 Å². The zero-order valence-electron chi connectivity index (χ0n) is 16.4. The number of aromatic nitrogens is 3. The fourth-order valence-electron chi connectivity index (χ4n) is 3.15. The van der Waals surface area contributed by atoms with Crippen molar-refractivity contribution in [1.82, 2.24) is 15.0 Å². The number of hydrogen-bond donors (Lipinski definition) is 2. The minimum Gasteiger partial charge on any atom is -0.384 e. The molecular formula is C20H22N6O3S. The van der Waals surface area contributed by atoms with Crippen LogP contribution in [0.15, 0.2) is 48.7 Å². The van der Waals surface area contributed by atoms with E-state index < -0.39 is 10.0 Å². The first-order valence-electron chi connectivity index (χ1n) is 9.39. The number of nitrogens with two attached hydrogens (primary N) is 1. The van der Waals surface area contributed by atoms with Crippen molar-refractivity contribution >= 4 is 27.5 Å². The van der Waals surface area contributed by atoms with E-state index in [0.717, 1.165) is 17.4 Å². The van der Waals surface area contributed by atoms with E-state index in [0.29, 0.717) is 55.1 Å². The Kier molecular flexibility index (Phi) is 5.51. The molecule has 0 amide bonds. The smallest absolute Gasteiger partial charge is 0.229 e. The second-order valence-electron chi connectivity index (χ2n) is 6.96. The van der Waals surface area contributed by atoms with E-state index in [1.54, 1.807) is 30.5 Å². The average Bonchev–Trinajstić information content (AvgIpc) is 2.73. The van der Waals surface area contributed by atoms with Crippen LogP contribution in [0.25, 0.3) is 22.5 Å². The Morgan fingerprint density at radius 1 is 1.03 bits per heavy atom. The van der Waals surface area contributed by atoms with Crippen molar-refractivity contribution in [2.75, 3.05) is 47.9 Å². The van der Waals surface area contributed by atoms with Gasteiger partial charge in [0.05, 0.1) is 30.9 Å². The van der Waals surface area contributed by atoms with Gasteiger partial charge >= 0.3 is 0 Å². The molecule has 0 atom stereocenters. The number of sulfonamides is 1. The summed E-state index contributed by atoms with van der Waals surface area (Å²) in [6.45, 7) is 2.61. The van der Waals surface area contributed by atoms with E-state index in [4.69, 9.17) is 20.4 Å². The van der Waals surface area contributed by atoms with Gasteiger partial charge in [-0.2, -0.15) is 0 Å². The summed E-state index contributed by atoms with van der Waals surface area (Å²) in [5, 5.41) is 0. The second-order valence-corrected chi connectivity index (χ2v) is 8.71. The fourth-order valence-corrected chi connectivity index (χ4v) is 3.70. The zero-order valence-corrected chi connectivity index (χ0v) is 17.3. The van der Waals surface area contributed by atoms with Gasteiger partial charge in [0, 0.05) is 36.1 Å². The molecule has 4 rings (SSSR count). The zero-order chi connectivity index (χ0) is 21.1. The van der Waals surface area contributed by atoms with Gasteiger partial charge in [0.25, 0.3) is 0 Å². The summed E-state index contributed by atoms with van der Waals surface area (Å²) in [5.74, 6) is 1.02. The van der Waals surface area contributed by atoms with Gasteiger partial charge in [0.2, 0.25) is 16.0 Å². The molecule has 0 aliphatic carbocycles. The second kappa shape index (κ2) is 8.25. The minimum absolute atomic E-state index is 0.431. The van der Waals surface area contributed by atoms with Crippen LogP contribution < -0.4 is 15.4 Å². The number of rotatable bonds is 5. The van der Waals surface area contributed by atoms with Gasteiger partial charge in [-0.3, -0.25) is 4.72 Å². The Labute approximate surface area is 175 Å². The molecule has 1 fully saturated rings. The summed E-state index contributed by atoms with van der Waals surface area (Å²) in [6.07, 6.45) is 2.79. The Morgan fingerprint density at radius 2 is 1.77 bits per heavy atom. The molecule has 2 aromatic heterocycles. The monoisotopic (exact) mass is 426 g/mol. The van der Waals surface area contributed by atoms with Crippen LogP contribution in [0.2, 0.25) is 0 Å². The molecule has 1 aliphatic heterocycles. The van der Waals surface area contributed by atoms with Crippen molar-refractivity contribution in [3.63, 3.8) is 0 Å². The van der Waals surface area contributed by atoms with Crippen molar-refractivity contribution in [3.05, 3.63) is 48.7 Å². The van der Waals surface area contributed by atoms with Crippen LogP contribution in [0.5, 0.6) is 0 Å². The van der Waals surface area contributed by atoms with E-state index in [-0.39, 0.29) is 0 Å². The van der Waals surface area contributed by atoms with Crippen molar-refractivity contribution in [3.8, 4) is 22.5 Å². The summed E-state index contributed by atoms with van der Waals surface area (Å²) >= 11 is 0. The largest absolute Gasteiger partial charge is 0.384 e. The van der Waals surface area contributed by atoms with Gasteiger partial charge < -0.3 is 15.4 Å². The van der Waals surface area contributed by atoms with E-state index in [9.17, 15) is 8.42 Å². The van der Waals surface area contributed by atoms with Crippen LogP contribution in [0.1, 0.15) is 0 Å². The number of pyridine rings is 1. The highest BCUT2D eigenvalue weighted by Gasteiger charge is 2.17. The predicted molar refractivity (Wildman–Crippen MR) is 117 cm³/mol. The number of nitrogens with zero attached hydrogens (tertiary/aromatic N) is 4. The van der Waals surface area contributed by atoms with Crippen LogP contribution in [0.3, 0.4) is 0 Å². The summed E-state index contributed by atoms with van der Waals surface area (Å²) < 4.78 is 31.1. The first kappa shape index (κ1) is 20.0. The maximum absolute atomic E-state index is 11.6. The Hall–Kier alpha value is -3.24. The van der Waals surface area contributed by atoms with E-state index in [1.165, 1.54) is 0 Å². The highest BCUT2D eigenvalue weighted by molar-refractivity contribution is 7.92. The number of morpholine rings is 1. The van der Waals surface area contributed by atoms with Crippen LogP contribution in [-0.2, 0) is 14.8 Å². The number of benzene rings is 1. The molecule has 156 valence electrons. The first-order chi connectivity index (χ1) is 14.4. The molecule has 30 heavy (non-hydrogen) atoms. The predicted octanol–water partition coefficient (Wildman–Crippen LogP) is 2.00. The highest BCUT2D eigenvalue weighted by atomic mass is 32.2. The van der Waals surface area contributed by atoms with Gasteiger partial charge in [0.15, 0.2) is 0 Å². The Balaban J connectivity index is 1.79. The average molecular weight is 427 g/mol. The van der Waals surface area contributed by atoms with Crippen LogP contribution in [0, 0.1) is 0 Å². The van der Waals surface area contributed by atoms with Crippen molar-refractivity contribution in [2.24, 2.45) is 0 Å². The number of hydrogen-bond acceptors (Lipinski definition) is 8. The highest BCUT2D eigenvalue weighted by Crippen LogP contribution is 2.28. The quantitative estimate of drug-likeness (QED) is 0.635. The molecule has 1 aliphatic rings. The minimum atomic E-state index is -3.38. The summed E-state index contributed by atoms with van der Waals surface area (Å²) in [6, 6.07) is 12.5. The molecule has 9 nitrogen and oxygen atoms in total. The molecule has 0 spiro atoms. The number of ether oxygens (including phenoxy) is 1. The normalized spacial score (nSPS) is 14.5. The molecular weight excluding hydrogens is 404 g/mol. The van der Waals surface area contributed by atoms with Gasteiger partial charge in [-0.15, -0.1) is 0 Å². The van der Waals surface area contributed by atoms with Crippen LogP contribution in [-0.4, -0.2) is 55.9 Å². The van der Waals surface area contributed by atoms with Gasteiger partial charge in [-0.1, -0.05) is 12.1 Å². The maximum atomic E-state index is 11.6. The molecule has 3 N–H and O–H groups in total. The molecule has 0 bridgehead atoms.